The summed E-state index contributed by atoms with van der Waals surface area (Å²) in [7, 11) is 0. The van der Waals surface area contributed by atoms with E-state index in [1.54, 1.807) is 0 Å². The molecule has 0 radical (unpaired) electrons. The lowest BCUT2D eigenvalue weighted by molar-refractivity contribution is 0.0948. The van der Waals surface area contributed by atoms with E-state index in [0.29, 0.717) is 24.6 Å². The number of benzene rings is 2. The van der Waals surface area contributed by atoms with Gasteiger partial charge >= 0.3 is 0 Å². The smallest absolute Gasteiger partial charge is 0.251 e. The number of amides is 1. The fourth-order valence-electron chi connectivity index (χ4n) is 1.78. The van der Waals surface area contributed by atoms with Crippen LogP contribution in [-0.4, -0.2) is 19.0 Å². The molecule has 94 valence electrons. The highest BCUT2D eigenvalue weighted by Gasteiger charge is 2.07. The molecule has 0 saturated carbocycles. The molecule has 2 aromatic carbocycles. The molecule has 3 heteroatoms. The van der Waals surface area contributed by atoms with Gasteiger partial charge in [0.05, 0.1) is 0 Å². The molecule has 0 heterocycles. The second-order valence-electron chi connectivity index (χ2n) is 4.61. The molecule has 1 atom stereocenters. The Morgan fingerprint density at radius 2 is 1.94 bits per heavy atom. The van der Waals surface area contributed by atoms with Gasteiger partial charge in [0.1, 0.15) is 0 Å². The molecular weight excluding hydrogens is 224 g/mol. The molecule has 18 heavy (non-hydrogen) atoms. The Morgan fingerprint density at radius 1 is 1.22 bits per heavy atom. The van der Waals surface area contributed by atoms with Crippen LogP contribution in [0.3, 0.4) is 0 Å². The second-order valence-corrected chi connectivity index (χ2v) is 4.61. The van der Waals surface area contributed by atoms with Gasteiger partial charge in [-0.25, -0.2) is 0 Å². The predicted octanol–water partition coefficient (Wildman–Crippen LogP) is 2.16. The number of hydrogen-bond acceptors (Lipinski definition) is 2. The normalized spacial score (nSPS) is 12.3. The summed E-state index contributed by atoms with van der Waals surface area (Å²) >= 11 is 0. The highest BCUT2D eigenvalue weighted by Crippen LogP contribution is 2.15. The zero-order valence-electron chi connectivity index (χ0n) is 10.5. The molecule has 2 rings (SSSR count). The SMILES string of the molecule is CC(CN)CNC(=O)c1ccc2ccccc2c1. The highest BCUT2D eigenvalue weighted by atomic mass is 16.1. The molecule has 0 fully saturated rings. The van der Waals surface area contributed by atoms with Gasteiger partial charge in [-0.15, -0.1) is 0 Å². The number of hydrogen-bond donors (Lipinski definition) is 2. The van der Waals surface area contributed by atoms with Crippen molar-refractivity contribution in [1.82, 2.24) is 5.32 Å². The standard InChI is InChI=1S/C15H18N2O/c1-11(9-16)10-17-15(18)14-7-6-12-4-2-3-5-13(12)8-14/h2-8,11H,9-10,16H2,1H3,(H,17,18). The molecule has 1 amide bonds. The predicted molar refractivity (Wildman–Crippen MR) is 74.5 cm³/mol. The Hall–Kier alpha value is -1.87. The van der Waals surface area contributed by atoms with Gasteiger partial charge in [-0.05, 0) is 35.4 Å². The van der Waals surface area contributed by atoms with E-state index in [-0.39, 0.29) is 5.91 Å². The first kappa shape index (κ1) is 12.6. The van der Waals surface area contributed by atoms with Crippen LogP contribution >= 0.6 is 0 Å². The zero-order valence-corrected chi connectivity index (χ0v) is 10.5. The summed E-state index contributed by atoms with van der Waals surface area (Å²) in [5, 5.41) is 5.12. The third-order valence-electron chi connectivity index (χ3n) is 3.03. The monoisotopic (exact) mass is 242 g/mol. The minimum Gasteiger partial charge on any atom is -0.352 e. The Labute approximate surface area is 107 Å². The fourth-order valence-corrected chi connectivity index (χ4v) is 1.78. The summed E-state index contributed by atoms with van der Waals surface area (Å²) in [5.74, 6) is 0.260. The van der Waals surface area contributed by atoms with Gasteiger partial charge in [0, 0.05) is 12.1 Å². The van der Waals surface area contributed by atoms with Crippen molar-refractivity contribution in [2.45, 2.75) is 6.92 Å². The van der Waals surface area contributed by atoms with E-state index >= 15 is 0 Å². The molecule has 0 aromatic heterocycles. The molecule has 2 aromatic rings. The van der Waals surface area contributed by atoms with Crippen LogP contribution in [0, 0.1) is 5.92 Å². The summed E-state index contributed by atoms with van der Waals surface area (Å²) in [6, 6.07) is 13.7. The zero-order chi connectivity index (χ0) is 13.0. The summed E-state index contributed by atoms with van der Waals surface area (Å²) in [6.45, 7) is 3.21. The largest absolute Gasteiger partial charge is 0.352 e. The minimum absolute atomic E-state index is 0.0407. The molecule has 3 nitrogen and oxygen atoms in total. The quantitative estimate of drug-likeness (QED) is 0.863. The van der Waals surface area contributed by atoms with Crippen LogP contribution in [0.5, 0.6) is 0 Å². The lowest BCUT2D eigenvalue weighted by Crippen LogP contribution is -2.31. The van der Waals surface area contributed by atoms with Crippen molar-refractivity contribution in [2.24, 2.45) is 11.7 Å². The van der Waals surface area contributed by atoms with E-state index in [1.165, 1.54) is 0 Å². The minimum atomic E-state index is -0.0407. The molecule has 1 unspecified atom stereocenters. The van der Waals surface area contributed by atoms with Crippen molar-refractivity contribution in [3.8, 4) is 0 Å². The third-order valence-corrected chi connectivity index (χ3v) is 3.03. The molecule has 0 saturated heterocycles. The molecule has 0 aliphatic carbocycles. The number of nitrogens with two attached hydrogens (primary N) is 1. The first-order chi connectivity index (χ1) is 8.70. The van der Waals surface area contributed by atoms with Crippen molar-refractivity contribution < 1.29 is 4.79 Å². The van der Waals surface area contributed by atoms with Crippen LogP contribution in [0.15, 0.2) is 42.5 Å². The number of fused-ring (bicyclic) bond motifs is 1. The second kappa shape index (κ2) is 5.65. The van der Waals surface area contributed by atoms with E-state index in [0.717, 1.165) is 10.8 Å². The Bertz CT molecular complexity index is 551. The lowest BCUT2D eigenvalue weighted by atomic mass is 10.1. The Morgan fingerprint density at radius 3 is 2.67 bits per heavy atom. The highest BCUT2D eigenvalue weighted by molar-refractivity contribution is 5.98. The number of rotatable bonds is 4. The average Bonchev–Trinajstić information content (AvgIpc) is 2.43. The molecule has 0 aliphatic heterocycles. The average molecular weight is 242 g/mol. The summed E-state index contributed by atoms with van der Waals surface area (Å²) in [5.41, 5.74) is 6.21. The summed E-state index contributed by atoms with van der Waals surface area (Å²) in [6.07, 6.45) is 0. The lowest BCUT2D eigenvalue weighted by Gasteiger charge is -2.10. The van der Waals surface area contributed by atoms with Crippen molar-refractivity contribution in [3.05, 3.63) is 48.0 Å². The molecule has 0 spiro atoms. The number of carbonyl (C=O) groups excluding carboxylic acids is 1. The maximum Gasteiger partial charge on any atom is 0.251 e. The van der Waals surface area contributed by atoms with Crippen LogP contribution in [0.2, 0.25) is 0 Å². The summed E-state index contributed by atoms with van der Waals surface area (Å²) < 4.78 is 0. The molecule has 0 aliphatic rings. The third kappa shape index (κ3) is 2.87. The van der Waals surface area contributed by atoms with Crippen molar-refractivity contribution in [2.75, 3.05) is 13.1 Å². The Balaban J connectivity index is 2.13. The van der Waals surface area contributed by atoms with E-state index in [1.807, 2.05) is 49.4 Å². The maximum absolute atomic E-state index is 12.0. The first-order valence-corrected chi connectivity index (χ1v) is 6.18. The Kier molecular flexibility index (Phi) is 3.95. The van der Waals surface area contributed by atoms with Crippen LogP contribution in [0.1, 0.15) is 17.3 Å². The van der Waals surface area contributed by atoms with Crippen LogP contribution in [0.25, 0.3) is 10.8 Å². The molecule has 3 N–H and O–H groups in total. The van der Waals surface area contributed by atoms with E-state index < -0.39 is 0 Å². The van der Waals surface area contributed by atoms with Gasteiger partial charge in [0.25, 0.3) is 5.91 Å². The topological polar surface area (TPSA) is 55.1 Å². The number of carbonyl (C=O) groups is 1. The van der Waals surface area contributed by atoms with Gasteiger partial charge in [-0.2, -0.15) is 0 Å². The van der Waals surface area contributed by atoms with E-state index in [2.05, 4.69) is 5.32 Å². The maximum atomic E-state index is 12.0. The van der Waals surface area contributed by atoms with Crippen molar-refractivity contribution in [1.29, 1.82) is 0 Å². The van der Waals surface area contributed by atoms with Gasteiger partial charge < -0.3 is 11.1 Å². The van der Waals surface area contributed by atoms with Crippen molar-refractivity contribution in [3.63, 3.8) is 0 Å². The van der Waals surface area contributed by atoms with Gasteiger partial charge in [-0.3, -0.25) is 4.79 Å². The fraction of sp³-hybridized carbons (Fsp3) is 0.267. The number of nitrogens with one attached hydrogen (secondary N) is 1. The van der Waals surface area contributed by atoms with Crippen LogP contribution in [-0.2, 0) is 0 Å². The van der Waals surface area contributed by atoms with Gasteiger partial charge in [0.15, 0.2) is 0 Å². The van der Waals surface area contributed by atoms with Crippen LogP contribution in [0.4, 0.5) is 0 Å². The first-order valence-electron chi connectivity index (χ1n) is 6.18. The summed E-state index contributed by atoms with van der Waals surface area (Å²) in [4.78, 5) is 12.0. The van der Waals surface area contributed by atoms with Gasteiger partial charge in [0.2, 0.25) is 0 Å². The molecule has 0 bridgehead atoms. The van der Waals surface area contributed by atoms with E-state index in [9.17, 15) is 4.79 Å². The van der Waals surface area contributed by atoms with Gasteiger partial charge in [-0.1, -0.05) is 37.3 Å². The molecular formula is C15H18N2O. The van der Waals surface area contributed by atoms with E-state index in [4.69, 9.17) is 5.73 Å². The van der Waals surface area contributed by atoms with Crippen LogP contribution < -0.4 is 11.1 Å². The van der Waals surface area contributed by atoms with Crippen molar-refractivity contribution >= 4 is 16.7 Å².